The van der Waals surface area contributed by atoms with Crippen molar-refractivity contribution in [3.63, 3.8) is 0 Å². The molecule has 0 aromatic carbocycles. The number of piperazine rings is 1. The van der Waals surface area contributed by atoms with Gasteiger partial charge in [0.25, 0.3) is 0 Å². The number of fused-ring (bicyclic) bond motifs is 2. The van der Waals surface area contributed by atoms with Crippen molar-refractivity contribution in [2.45, 2.75) is 44.6 Å². The van der Waals surface area contributed by atoms with Gasteiger partial charge in [-0.05, 0) is 37.5 Å². The van der Waals surface area contributed by atoms with Crippen LogP contribution < -0.4 is 5.32 Å². The van der Waals surface area contributed by atoms with Crippen molar-refractivity contribution >= 4 is 0 Å². The summed E-state index contributed by atoms with van der Waals surface area (Å²) < 4.78 is 0. The predicted molar refractivity (Wildman–Crippen MR) is 62.9 cm³/mol. The lowest BCUT2D eigenvalue weighted by Crippen LogP contribution is -2.55. The number of hydrogen-bond donors (Lipinski definition) is 1. The number of rotatable bonds is 1. The van der Waals surface area contributed by atoms with Crippen LogP contribution in [0, 0.1) is 11.8 Å². The van der Waals surface area contributed by atoms with Gasteiger partial charge in [-0.25, -0.2) is 0 Å². The van der Waals surface area contributed by atoms with Crippen LogP contribution in [0.5, 0.6) is 0 Å². The van der Waals surface area contributed by atoms with E-state index in [-0.39, 0.29) is 0 Å². The summed E-state index contributed by atoms with van der Waals surface area (Å²) in [5, 5.41) is 3.48. The molecule has 0 aromatic heterocycles. The van der Waals surface area contributed by atoms with E-state index in [4.69, 9.17) is 0 Å². The molecule has 15 heavy (non-hydrogen) atoms. The monoisotopic (exact) mass is 208 g/mol. The number of hydrogen-bond acceptors (Lipinski definition) is 2. The van der Waals surface area contributed by atoms with Crippen molar-refractivity contribution in [3.05, 3.63) is 0 Å². The van der Waals surface area contributed by atoms with E-state index in [9.17, 15) is 0 Å². The van der Waals surface area contributed by atoms with Gasteiger partial charge in [0, 0.05) is 32.2 Å². The second-order valence-electron chi connectivity index (χ2n) is 5.66. The van der Waals surface area contributed by atoms with E-state index in [1.807, 2.05) is 0 Å². The van der Waals surface area contributed by atoms with Gasteiger partial charge in [0.15, 0.2) is 0 Å². The summed E-state index contributed by atoms with van der Waals surface area (Å²) in [6, 6.07) is 0.967. The Morgan fingerprint density at radius 3 is 1.87 bits per heavy atom. The fourth-order valence-corrected chi connectivity index (χ4v) is 4.22. The largest absolute Gasteiger partial charge is 0.314 e. The molecule has 0 unspecified atom stereocenters. The first kappa shape index (κ1) is 10.1. The molecule has 2 heteroatoms. The van der Waals surface area contributed by atoms with Crippen LogP contribution in [-0.4, -0.2) is 37.1 Å². The molecule has 0 aromatic rings. The quantitative estimate of drug-likeness (QED) is 0.707. The molecule has 0 radical (unpaired) electrons. The third-order valence-electron chi connectivity index (χ3n) is 4.84. The minimum absolute atomic E-state index is 0.967. The first-order valence-corrected chi connectivity index (χ1v) is 6.90. The molecule has 2 aliphatic carbocycles. The third kappa shape index (κ3) is 1.94. The van der Waals surface area contributed by atoms with Gasteiger partial charge in [0.1, 0.15) is 0 Å². The van der Waals surface area contributed by atoms with Gasteiger partial charge in [0.2, 0.25) is 0 Å². The van der Waals surface area contributed by atoms with Crippen LogP contribution in [0.2, 0.25) is 0 Å². The maximum atomic E-state index is 3.48. The van der Waals surface area contributed by atoms with Crippen molar-refractivity contribution in [3.8, 4) is 0 Å². The third-order valence-corrected chi connectivity index (χ3v) is 4.84. The topological polar surface area (TPSA) is 15.3 Å². The summed E-state index contributed by atoms with van der Waals surface area (Å²) in [5.74, 6) is 2.10. The highest BCUT2D eigenvalue weighted by molar-refractivity contribution is 4.93. The Balaban J connectivity index is 1.71. The van der Waals surface area contributed by atoms with Crippen molar-refractivity contribution in [2.75, 3.05) is 26.2 Å². The standard InChI is InChI=1S/C13H24N2/c1-3-11-5-2-6-12(4-1)13(11)15-9-7-14-8-10-15/h11-14H,1-10H2. The Morgan fingerprint density at radius 2 is 1.33 bits per heavy atom. The molecule has 1 heterocycles. The van der Waals surface area contributed by atoms with Gasteiger partial charge < -0.3 is 5.32 Å². The van der Waals surface area contributed by atoms with Gasteiger partial charge >= 0.3 is 0 Å². The van der Waals surface area contributed by atoms with Crippen LogP contribution in [0.4, 0.5) is 0 Å². The first-order valence-electron chi connectivity index (χ1n) is 6.90. The fraction of sp³-hybridized carbons (Fsp3) is 1.00. The van der Waals surface area contributed by atoms with Gasteiger partial charge in [-0.15, -0.1) is 0 Å². The molecule has 2 saturated carbocycles. The summed E-state index contributed by atoms with van der Waals surface area (Å²) in [6.45, 7) is 5.04. The van der Waals surface area contributed by atoms with E-state index in [1.54, 1.807) is 0 Å². The Bertz CT molecular complexity index is 189. The van der Waals surface area contributed by atoms with E-state index in [1.165, 1.54) is 64.7 Å². The van der Waals surface area contributed by atoms with Crippen LogP contribution in [0.1, 0.15) is 38.5 Å². The average Bonchev–Trinajstić information content (AvgIpc) is 2.29. The summed E-state index contributed by atoms with van der Waals surface area (Å²) in [4.78, 5) is 2.81. The zero-order valence-electron chi connectivity index (χ0n) is 9.75. The molecule has 0 atom stereocenters. The van der Waals surface area contributed by atoms with Crippen molar-refractivity contribution < 1.29 is 0 Å². The summed E-state index contributed by atoms with van der Waals surface area (Å²) in [5.41, 5.74) is 0. The summed E-state index contributed by atoms with van der Waals surface area (Å²) in [7, 11) is 0. The van der Waals surface area contributed by atoms with E-state index >= 15 is 0 Å². The molecule has 2 bridgehead atoms. The smallest absolute Gasteiger partial charge is 0.0153 e. The van der Waals surface area contributed by atoms with E-state index in [2.05, 4.69) is 10.2 Å². The minimum Gasteiger partial charge on any atom is -0.314 e. The molecule has 2 nitrogen and oxygen atoms in total. The Morgan fingerprint density at radius 1 is 0.800 bits per heavy atom. The maximum absolute atomic E-state index is 3.48. The van der Waals surface area contributed by atoms with E-state index in [0.717, 1.165) is 17.9 Å². The number of nitrogens with zero attached hydrogens (tertiary/aromatic N) is 1. The lowest BCUT2D eigenvalue weighted by Gasteiger charge is -2.49. The van der Waals surface area contributed by atoms with Crippen LogP contribution in [-0.2, 0) is 0 Å². The molecule has 3 aliphatic rings. The molecule has 3 rings (SSSR count). The second kappa shape index (κ2) is 4.42. The molecule has 0 spiro atoms. The van der Waals surface area contributed by atoms with Crippen molar-refractivity contribution in [1.82, 2.24) is 10.2 Å². The Kier molecular flexibility index (Phi) is 2.98. The van der Waals surface area contributed by atoms with Crippen LogP contribution >= 0.6 is 0 Å². The molecule has 1 saturated heterocycles. The first-order chi connectivity index (χ1) is 7.45. The SMILES string of the molecule is C1CC2CCCC(C1)C2N1CCNCC1. The van der Waals surface area contributed by atoms with Crippen molar-refractivity contribution in [2.24, 2.45) is 11.8 Å². The van der Waals surface area contributed by atoms with E-state index < -0.39 is 0 Å². The Labute approximate surface area is 93.4 Å². The van der Waals surface area contributed by atoms with Crippen LogP contribution in [0.15, 0.2) is 0 Å². The van der Waals surface area contributed by atoms with Crippen LogP contribution in [0.25, 0.3) is 0 Å². The van der Waals surface area contributed by atoms with Crippen molar-refractivity contribution in [1.29, 1.82) is 0 Å². The average molecular weight is 208 g/mol. The molecule has 1 N–H and O–H groups in total. The molecule has 1 aliphatic heterocycles. The van der Waals surface area contributed by atoms with Gasteiger partial charge in [-0.2, -0.15) is 0 Å². The van der Waals surface area contributed by atoms with Gasteiger partial charge in [0.05, 0.1) is 0 Å². The van der Waals surface area contributed by atoms with Gasteiger partial charge in [-0.3, -0.25) is 4.90 Å². The summed E-state index contributed by atoms with van der Waals surface area (Å²) in [6.07, 6.45) is 9.10. The van der Waals surface area contributed by atoms with E-state index in [0.29, 0.717) is 0 Å². The fourth-order valence-electron chi connectivity index (χ4n) is 4.22. The molecule has 86 valence electrons. The highest BCUT2D eigenvalue weighted by atomic mass is 15.2. The lowest BCUT2D eigenvalue weighted by molar-refractivity contribution is 0.0147. The predicted octanol–water partition coefficient (Wildman–Crippen LogP) is 1.86. The van der Waals surface area contributed by atoms with Gasteiger partial charge in [-0.1, -0.05) is 12.8 Å². The zero-order valence-corrected chi connectivity index (χ0v) is 9.75. The number of nitrogens with one attached hydrogen (secondary N) is 1. The molecular formula is C13H24N2. The maximum Gasteiger partial charge on any atom is 0.0153 e. The molecule has 3 fully saturated rings. The summed E-state index contributed by atoms with van der Waals surface area (Å²) >= 11 is 0. The van der Waals surface area contributed by atoms with Crippen LogP contribution in [0.3, 0.4) is 0 Å². The highest BCUT2D eigenvalue weighted by Gasteiger charge is 2.39. The molecular weight excluding hydrogens is 184 g/mol. The highest BCUT2D eigenvalue weighted by Crippen LogP contribution is 2.42. The second-order valence-corrected chi connectivity index (χ2v) is 5.66. The minimum atomic E-state index is 0.967. The lowest BCUT2D eigenvalue weighted by atomic mass is 9.68. The normalized spacial score (nSPS) is 42.8. The zero-order chi connectivity index (χ0) is 10.1. The Hall–Kier alpha value is -0.0800. The molecule has 0 amide bonds.